The molecule has 0 saturated carbocycles. The van der Waals surface area contributed by atoms with Crippen molar-refractivity contribution < 1.29 is 9.90 Å². The van der Waals surface area contributed by atoms with Crippen LogP contribution in [-0.2, 0) is 11.3 Å². The van der Waals surface area contributed by atoms with Gasteiger partial charge < -0.3 is 10.8 Å². The predicted molar refractivity (Wildman–Crippen MR) is 56.9 cm³/mol. The van der Waals surface area contributed by atoms with Gasteiger partial charge in [-0.25, -0.2) is 4.98 Å². The summed E-state index contributed by atoms with van der Waals surface area (Å²) < 4.78 is 1.10. The molecule has 3 N–H and O–H groups in total. The fraction of sp³-hybridized carbons (Fsp3) is 0.100. The largest absolute Gasteiger partial charge is 0.506 e. The number of fused-ring (bicyclic) bond motifs is 1. The number of rotatable bonds is 2. The van der Waals surface area contributed by atoms with Gasteiger partial charge in [-0.15, -0.1) is 0 Å². The fourth-order valence-corrected chi connectivity index (χ4v) is 1.45. The SMILES string of the molecule is NC(=O)Cn1cnc2c(O)cccc2c1=O. The molecule has 1 aromatic carbocycles. The molecule has 1 heterocycles. The molecule has 82 valence electrons. The summed E-state index contributed by atoms with van der Waals surface area (Å²) in [7, 11) is 0. The van der Waals surface area contributed by atoms with Gasteiger partial charge in [0, 0.05) is 0 Å². The third-order valence-electron chi connectivity index (χ3n) is 2.16. The van der Waals surface area contributed by atoms with Gasteiger partial charge in [-0.1, -0.05) is 6.07 Å². The number of primary amides is 1. The van der Waals surface area contributed by atoms with Crippen LogP contribution in [0.5, 0.6) is 5.75 Å². The monoisotopic (exact) mass is 219 g/mol. The smallest absolute Gasteiger partial charge is 0.261 e. The zero-order valence-electron chi connectivity index (χ0n) is 8.25. The van der Waals surface area contributed by atoms with Crippen molar-refractivity contribution in [3.05, 3.63) is 34.9 Å². The van der Waals surface area contributed by atoms with Gasteiger partial charge in [0.15, 0.2) is 0 Å². The molecule has 2 aromatic rings. The lowest BCUT2D eigenvalue weighted by Crippen LogP contribution is -2.28. The molecule has 0 saturated heterocycles. The van der Waals surface area contributed by atoms with E-state index < -0.39 is 11.5 Å². The molecular formula is C10H9N3O3. The van der Waals surface area contributed by atoms with Crippen LogP contribution in [0.4, 0.5) is 0 Å². The van der Waals surface area contributed by atoms with Crippen LogP contribution in [0.2, 0.25) is 0 Å². The van der Waals surface area contributed by atoms with Gasteiger partial charge in [0.25, 0.3) is 5.56 Å². The van der Waals surface area contributed by atoms with E-state index in [0.717, 1.165) is 4.57 Å². The highest BCUT2D eigenvalue weighted by atomic mass is 16.3. The molecule has 6 nitrogen and oxygen atoms in total. The van der Waals surface area contributed by atoms with Gasteiger partial charge in [0.05, 0.1) is 11.7 Å². The van der Waals surface area contributed by atoms with Crippen molar-refractivity contribution >= 4 is 16.8 Å². The van der Waals surface area contributed by atoms with Crippen molar-refractivity contribution in [3.63, 3.8) is 0 Å². The number of amides is 1. The zero-order chi connectivity index (χ0) is 11.7. The Bertz CT molecular complexity index is 618. The first kappa shape index (κ1) is 10.2. The summed E-state index contributed by atoms with van der Waals surface area (Å²) in [4.78, 5) is 26.4. The van der Waals surface area contributed by atoms with Crippen molar-refractivity contribution in [2.75, 3.05) is 0 Å². The highest BCUT2D eigenvalue weighted by Crippen LogP contribution is 2.18. The number of hydrogen-bond acceptors (Lipinski definition) is 4. The molecule has 0 bridgehead atoms. The number of phenols is 1. The minimum Gasteiger partial charge on any atom is -0.506 e. The van der Waals surface area contributed by atoms with Crippen LogP contribution in [-0.4, -0.2) is 20.6 Å². The Hall–Kier alpha value is -2.37. The number of nitrogens with zero attached hydrogens (tertiary/aromatic N) is 2. The maximum atomic E-state index is 11.8. The molecule has 0 atom stereocenters. The first-order valence-corrected chi connectivity index (χ1v) is 4.55. The maximum absolute atomic E-state index is 11.8. The van der Waals surface area contributed by atoms with E-state index in [1.165, 1.54) is 24.5 Å². The van der Waals surface area contributed by atoms with E-state index in [1.807, 2.05) is 0 Å². The average molecular weight is 219 g/mol. The lowest BCUT2D eigenvalue weighted by Gasteiger charge is -2.04. The Balaban J connectivity index is 2.71. The number of carbonyl (C=O) groups excluding carboxylic acids is 1. The molecule has 1 aromatic heterocycles. The second kappa shape index (κ2) is 3.65. The minimum absolute atomic E-state index is 0.0687. The standard InChI is InChI=1S/C10H9N3O3/c11-8(15)4-13-5-12-9-6(10(13)16)2-1-3-7(9)14/h1-3,5,14H,4H2,(H2,11,15). The van der Waals surface area contributed by atoms with E-state index in [4.69, 9.17) is 5.73 Å². The fourth-order valence-electron chi connectivity index (χ4n) is 1.45. The second-order valence-electron chi connectivity index (χ2n) is 3.32. The summed E-state index contributed by atoms with van der Waals surface area (Å²) in [5, 5.41) is 9.72. The molecule has 0 spiro atoms. The van der Waals surface area contributed by atoms with E-state index >= 15 is 0 Å². The summed E-state index contributed by atoms with van der Waals surface area (Å²) in [5.74, 6) is -0.691. The van der Waals surface area contributed by atoms with Crippen molar-refractivity contribution in [1.29, 1.82) is 0 Å². The topological polar surface area (TPSA) is 98.2 Å². The first-order valence-electron chi connectivity index (χ1n) is 4.55. The van der Waals surface area contributed by atoms with Crippen molar-refractivity contribution in [2.45, 2.75) is 6.54 Å². The molecule has 0 radical (unpaired) electrons. The third kappa shape index (κ3) is 1.60. The van der Waals surface area contributed by atoms with Crippen molar-refractivity contribution in [3.8, 4) is 5.75 Å². The Morgan fingerprint density at radius 3 is 2.94 bits per heavy atom. The number of hydrogen-bond donors (Lipinski definition) is 2. The predicted octanol–water partition coefficient (Wildman–Crippen LogP) is -0.413. The molecule has 0 aliphatic heterocycles. The number of aromatic hydroxyl groups is 1. The van der Waals surface area contributed by atoms with E-state index in [9.17, 15) is 14.7 Å². The van der Waals surface area contributed by atoms with Crippen LogP contribution >= 0.6 is 0 Å². The van der Waals surface area contributed by atoms with E-state index in [2.05, 4.69) is 4.98 Å². The van der Waals surface area contributed by atoms with Crippen LogP contribution in [0.3, 0.4) is 0 Å². The molecule has 16 heavy (non-hydrogen) atoms. The van der Waals surface area contributed by atoms with Crippen LogP contribution < -0.4 is 11.3 Å². The first-order chi connectivity index (χ1) is 7.59. The molecule has 0 unspecified atom stereocenters. The van der Waals surface area contributed by atoms with Crippen molar-refractivity contribution in [1.82, 2.24) is 9.55 Å². The number of nitrogens with two attached hydrogens (primary N) is 1. The zero-order valence-corrected chi connectivity index (χ0v) is 8.25. The normalized spacial score (nSPS) is 10.5. The quantitative estimate of drug-likeness (QED) is 0.717. The van der Waals surface area contributed by atoms with E-state index in [0.29, 0.717) is 0 Å². The van der Waals surface area contributed by atoms with Crippen molar-refractivity contribution in [2.24, 2.45) is 5.73 Å². The number of aromatic nitrogens is 2. The van der Waals surface area contributed by atoms with Crippen LogP contribution in [0.25, 0.3) is 10.9 Å². The second-order valence-corrected chi connectivity index (χ2v) is 3.32. The van der Waals surface area contributed by atoms with Gasteiger partial charge in [-0.05, 0) is 12.1 Å². The Kier molecular flexibility index (Phi) is 2.32. The summed E-state index contributed by atoms with van der Waals surface area (Å²) in [6.07, 6.45) is 1.19. The summed E-state index contributed by atoms with van der Waals surface area (Å²) in [5.41, 5.74) is 4.80. The van der Waals surface area contributed by atoms with E-state index in [-0.39, 0.29) is 23.2 Å². The minimum atomic E-state index is -0.622. The third-order valence-corrected chi connectivity index (χ3v) is 2.16. The molecular weight excluding hydrogens is 210 g/mol. The molecule has 1 amide bonds. The van der Waals surface area contributed by atoms with Gasteiger partial charge in [-0.3, -0.25) is 14.2 Å². The summed E-state index contributed by atoms with van der Waals surface area (Å²) >= 11 is 0. The number of carbonyl (C=O) groups is 1. The average Bonchev–Trinajstić information content (AvgIpc) is 2.23. The summed E-state index contributed by atoms with van der Waals surface area (Å²) in [6.45, 7) is -0.225. The lowest BCUT2D eigenvalue weighted by atomic mass is 10.2. The van der Waals surface area contributed by atoms with Crippen LogP contribution in [0.1, 0.15) is 0 Å². The summed E-state index contributed by atoms with van der Waals surface area (Å²) in [6, 6.07) is 4.50. The molecule has 0 fully saturated rings. The number of para-hydroxylation sites is 1. The molecule has 0 aliphatic rings. The number of phenolic OH excluding ortho intramolecular Hbond substituents is 1. The van der Waals surface area contributed by atoms with Gasteiger partial charge in [-0.2, -0.15) is 0 Å². The molecule has 6 heteroatoms. The number of benzene rings is 1. The Morgan fingerprint density at radius 2 is 2.25 bits per heavy atom. The van der Waals surface area contributed by atoms with Gasteiger partial charge in [0.1, 0.15) is 17.8 Å². The van der Waals surface area contributed by atoms with E-state index in [1.54, 1.807) is 0 Å². The maximum Gasteiger partial charge on any atom is 0.261 e. The Labute approximate surface area is 89.9 Å². The lowest BCUT2D eigenvalue weighted by molar-refractivity contribution is -0.118. The molecule has 2 rings (SSSR count). The van der Waals surface area contributed by atoms with Gasteiger partial charge in [0.2, 0.25) is 5.91 Å². The van der Waals surface area contributed by atoms with Crippen LogP contribution in [0.15, 0.2) is 29.3 Å². The van der Waals surface area contributed by atoms with Crippen LogP contribution in [0, 0.1) is 0 Å². The molecule has 0 aliphatic carbocycles. The van der Waals surface area contributed by atoms with Gasteiger partial charge >= 0.3 is 0 Å². The highest BCUT2D eigenvalue weighted by Gasteiger charge is 2.08. The highest BCUT2D eigenvalue weighted by molar-refractivity contribution is 5.83. The Morgan fingerprint density at radius 1 is 1.50 bits per heavy atom.